The Balaban J connectivity index is 1.39. The maximum Gasteiger partial charge on any atom is 0.309 e. The zero-order valence-electron chi connectivity index (χ0n) is 24.4. The average Bonchev–Trinajstić information content (AvgIpc) is 3.76. The monoisotopic (exact) mass is 605 g/mol. The van der Waals surface area contributed by atoms with Crippen molar-refractivity contribution in [3.05, 3.63) is 65.2 Å². The predicted molar refractivity (Wildman–Crippen MR) is 159 cm³/mol. The number of carbonyl (C=O) groups is 2. The van der Waals surface area contributed by atoms with Crippen molar-refractivity contribution in [1.82, 2.24) is 19.8 Å². The lowest BCUT2D eigenvalue weighted by Gasteiger charge is -2.25. The van der Waals surface area contributed by atoms with Gasteiger partial charge < -0.3 is 14.4 Å². The number of aromatic nitrogens is 2. The molecule has 11 nitrogen and oxygen atoms in total. The summed E-state index contributed by atoms with van der Waals surface area (Å²) in [6.45, 7) is 8.58. The number of fused-ring (bicyclic) bond motifs is 6. The summed E-state index contributed by atoms with van der Waals surface area (Å²) in [6.07, 6.45) is 0.311. The third-order valence-electron chi connectivity index (χ3n) is 8.21. The van der Waals surface area contributed by atoms with Gasteiger partial charge in [0, 0.05) is 43.4 Å². The normalized spacial score (nSPS) is 23.0. The zero-order valence-corrected chi connectivity index (χ0v) is 25.3. The summed E-state index contributed by atoms with van der Waals surface area (Å²) in [5.74, 6) is -0.263. The van der Waals surface area contributed by atoms with Gasteiger partial charge in [-0.15, -0.1) is 0 Å². The fourth-order valence-electron chi connectivity index (χ4n) is 5.99. The second kappa shape index (κ2) is 11.6. The van der Waals surface area contributed by atoms with Crippen molar-refractivity contribution in [3.8, 4) is 17.1 Å². The number of amides is 1. The van der Waals surface area contributed by atoms with Crippen molar-refractivity contribution >= 4 is 27.8 Å². The lowest BCUT2D eigenvalue weighted by molar-refractivity contribution is -0.145. The molecule has 1 amide bonds. The summed E-state index contributed by atoms with van der Waals surface area (Å²) in [4.78, 5) is 38.9. The molecular weight excluding hydrogens is 570 g/mol. The molecule has 0 radical (unpaired) electrons. The van der Waals surface area contributed by atoms with Crippen LogP contribution in [-0.2, 0) is 19.6 Å². The van der Waals surface area contributed by atoms with E-state index in [1.165, 1.54) is 12.1 Å². The van der Waals surface area contributed by atoms with E-state index in [-0.39, 0.29) is 52.5 Å². The van der Waals surface area contributed by atoms with E-state index in [2.05, 4.69) is 19.6 Å². The number of hydrogen-bond acceptors (Lipinski definition) is 9. The van der Waals surface area contributed by atoms with Gasteiger partial charge in [0.2, 0.25) is 11.8 Å². The van der Waals surface area contributed by atoms with Crippen LogP contribution in [0.4, 0.5) is 5.95 Å². The molecule has 3 aliphatic rings. The second-order valence-electron chi connectivity index (χ2n) is 11.4. The van der Waals surface area contributed by atoms with Gasteiger partial charge in [-0.3, -0.25) is 14.5 Å². The molecule has 3 aromatic rings. The fourth-order valence-corrected chi connectivity index (χ4v) is 6.98. The minimum atomic E-state index is -4.11. The molecule has 1 aromatic heterocycles. The molecule has 1 saturated carbocycles. The summed E-state index contributed by atoms with van der Waals surface area (Å²) in [5, 5.41) is 0. The van der Waals surface area contributed by atoms with Crippen LogP contribution < -0.4 is 9.46 Å². The number of ether oxygens (including phenoxy) is 2. The van der Waals surface area contributed by atoms with E-state index in [0.717, 1.165) is 23.1 Å². The number of benzene rings is 2. The molecule has 3 atom stereocenters. The number of hydrogen-bond donors (Lipinski definition) is 1. The Bertz CT molecular complexity index is 1660. The first-order valence-electron chi connectivity index (χ1n) is 14.5. The number of anilines is 1. The molecule has 2 aromatic carbocycles. The standard InChI is InChI=1S/C31H35N5O6S/c1-4-41-30(38)25-14-22(25)16-35-11-12-36-18-23(17-35)42-27-15-26(28-19(2)7-5-8-20(28)3)32-31(33-27)34-43(39,40)24-10-6-9-21(13-24)29(36)37/h5-10,13,15,22-23,25H,4,11-12,14,16-18H2,1-3H3,(H,32,33,34)/t22?,23-,25?/m1/s1. The molecule has 1 saturated heterocycles. The number of esters is 1. The Morgan fingerprint density at radius 1 is 1.07 bits per heavy atom. The summed E-state index contributed by atoms with van der Waals surface area (Å²) < 4.78 is 41.0. The van der Waals surface area contributed by atoms with Gasteiger partial charge in [-0.1, -0.05) is 24.3 Å². The first-order valence-corrected chi connectivity index (χ1v) is 16.0. The topological polar surface area (TPSA) is 131 Å². The largest absolute Gasteiger partial charge is 0.471 e. The van der Waals surface area contributed by atoms with E-state index >= 15 is 0 Å². The van der Waals surface area contributed by atoms with E-state index in [0.29, 0.717) is 38.5 Å². The summed E-state index contributed by atoms with van der Waals surface area (Å²) in [7, 11) is -4.11. The molecule has 2 fully saturated rings. The summed E-state index contributed by atoms with van der Waals surface area (Å²) in [5.41, 5.74) is 3.60. The van der Waals surface area contributed by atoms with Crippen LogP contribution in [0.5, 0.6) is 5.88 Å². The van der Waals surface area contributed by atoms with Crippen LogP contribution in [0, 0.1) is 25.7 Å². The molecule has 6 rings (SSSR count). The minimum Gasteiger partial charge on any atom is -0.471 e. The molecular formula is C31H35N5O6S. The van der Waals surface area contributed by atoms with E-state index in [1.807, 2.05) is 39.0 Å². The van der Waals surface area contributed by atoms with Crippen molar-refractivity contribution in [1.29, 1.82) is 0 Å². The smallest absolute Gasteiger partial charge is 0.309 e. The average molecular weight is 606 g/mol. The van der Waals surface area contributed by atoms with Gasteiger partial charge in [-0.25, -0.2) is 18.1 Å². The summed E-state index contributed by atoms with van der Waals surface area (Å²) in [6, 6.07) is 13.6. The molecule has 1 N–H and O–H groups in total. The number of sulfonamides is 1. The maximum absolute atomic E-state index is 13.7. The molecule has 3 heterocycles. The van der Waals surface area contributed by atoms with Crippen molar-refractivity contribution in [2.24, 2.45) is 11.8 Å². The van der Waals surface area contributed by atoms with Gasteiger partial charge >= 0.3 is 5.97 Å². The fraction of sp³-hybridized carbons (Fsp3) is 0.419. The highest BCUT2D eigenvalue weighted by Gasteiger charge is 2.45. The number of carbonyl (C=O) groups excluding carboxylic acids is 2. The molecule has 1 aliphatic carbocycles. The number of aryl methyl sites for hydroxylation is 2. The molecule has 6 bridgehead atoms. The first-order chi connectivity index (χ1) is 20.6. The van der Waals surface area contributed by atoms with Crippen LogP contribution in [0.3, 0.4) is 0 Å². The molecule has 2 unspecified atom stereocenters. The lowest BCUT2D eigenvalue weighted by Crippen LogP contribution is -2.40. The molecule has 43 heavy (non-hydrogen) atoms. The van der Waals surface area contributed by atoms with Gasteiger partial charge in [-0.05, 0) is 62.4 Å². The Hall–Kier alpha value is -4.03. The maximum atomic E-state index is 13.7. The lowest BCUT2D eigenvalue weighted by atomic mass is 10.00. The third kappa shape index (κ3) is 6.21. The zero-order chi connectivity index (χ0) is 30.3. The van der Waals surface area contributed by atoms with Gasteiger partial charge in [0.05, 0.1) is 29.7 Å². The summed E-state index contributed by atoms with van der Waals surface area (Å²) >= 11 is 0. The molecule has 0 spiro atoms. The highest BCUT2D eigenvalue weighted by Crippen LogP contribution is 2.40. The number of nitrogens with one attached hydrogen (secondary N) is 1. The quantitative estimate of drug-likeness (QED) is 0.436. The molecule has 12 heteroatoms. The molecule has 2 aliphatic heterocycles. The first kappa shape index (κ1) is 29.1. The van der Waals surface area contributed by atoms with E-state index in [4.69, 9.17) is 9.47 Å². The van der Waals surface area contributed by atoms with E-state index in [9.17, 15) is 18.0 Å². The highest BCUT2D eigenvalue weighted by atomic mass is 32.2. The van der Waals surface area contributed by atoms with Gasteiger partial charge in [0.25, 0.3) is 15.9 Å². The Kier molecular flexibility index (Phi) is 7.82. The number of nitrogens with zero attached hydrogens (tertiary/aromatic N) is 4. The van der Waals surface area contributed by atoms with E-state index < -0.39 is 16.1 Å². The van der Waals surface area contributed by atoms with E-state index in [1.54, 1.807) is 23.1 Å². The SMILES string of the molecule is CCOC(=O)C1CC1CN1CCN2C[C@@H](C1)Oc1cc(-c3c(C)cccc3C)nc(n1)NS(=O)(=O)c1cccc(c1)C2=O. The van der Waals surface area contributed by atoms with Crippen LogP contribution in [-0.4, -0.2) is 85.5 Å². The highest BCUT2D eigenvalue weighted by molar-refractivity contribution is 7.92. The van der Waals surface area contributed by atoms with Crippen molar-refractivity contribution in [2.75, 3.05) is 44.1 Å². The Morgan fingerprint density at radius 2 is 1.84 bits per heavy atom. The number of rotatable bonds is 5. The Labute approximate surface area is 251 Å². The van der Waals surface area contributed by atoms with Crippen LogP contribution in [0.15, 0.2) is 53.4 Å². The third-order valence-corrected chi connectivity index (χ3v) is 9.53. The van der Waals surface area contributed by atoms with Crippen LogP contribution in [0.1, 0.15) is 34.8 Å². The van der Waals surface area contributed by atoms with Crippen molar-refractivity contribution in [3.63, 3.8) is 0 Å². The van der Waals surface area contributed by atoms with Crippen LogP contribution in [0.2, 0.25) is 0 Å². The minimum absolute atomic E-state index is 0.0621. The van der Waals surface area contributed by atoms with Crippen molar-refractivity contribution in [2.45, 2.75) is 38.2 Å². The second-order valence-corrected chi connectivity index (χ2v) is 13.1. The van der Waals surface area contributed by atoms with Gasteiger partial charge in [0.1, 0.15) is 6.10 Å². The van der Waals surface area contributed by atoms with Crippen LogP contribution in [0.25, 0.3) is 11.3 Å². The van der Waals surface area contributed by atoms with Crippen LogP contribution >= 0.6 is 0 Å². The van der Waals surface area contributed by atoms with Crippen molar-refractivity contribution < 1.29 is 27.5 Å². The Morgan fingerprint density at radius 3 is 2.60 bits per heavy atom. The van der Waals surface area contributed by atoms with Gasteiger partial charge in [0.15, 0.2) is 0 Å². The van der Waals surface area contributed by atoms with Gasteiger partial charge in [-0.2, -0.15) is 4.98 Å². The predicted octanol–water partition coefficient (Wildman–Crippen LogP) is 3.28. The molecule has 226 valence electrons.